The molecular weight excluding hydrogens is 1360 g/mol. The van der Waals surface area contributed by atoms with E-state index in [9.17, 15) is 41.3 Å². The number of sulfonamides is 1. The largest absolute Gasteiger partial charge is 0.489 e. The SMILES string of the molecule is C#CCN1C(=O)COc2cc(F)c(/N=c3\snc4n3CC(C)(C)C4)cc21.CC1COc2ccccc2N1C(=O)C(Cl)Cl.CCNc1nc(Cl)nc(NC(C)C)n1.COc1cc(OC)nc(NC(=O)NS(=O)(=O)c2ncccc2C(=O)N(C)C)n1.O=C(O)CNCP(=O)(O)O. The normalized spacial score (nSPS) is 14.3. The highest BCUT2D eigenvalue weighted by atomic mass is 35.5. The van der Waals surface area contributed by atoms with Crippen molar-refractivity contribution < 1.29 is 75.2 Å². The Kier molecular flexibility index (Phi) is 28.0. The van der Waals surface area contributed by atoms with Crippen molar-refractivity contribution >= 4 is 129 Å². The van der Waals surface area contributed by atoms with Crippen LogP contribution in [0.25, 0.3) is 0 Å². The van der Waals surface area contributed by atoms with Crippen molar-refractivity contribution in [1.29, 1.82) is 0 Å². The predicted molar refractivity (Wildman–Crippen MR) is 347 cm³/mol. The summed E-state index contributed by atoms with van der Waals surface area (Å²) in [6, 6.07) is 13.2. The summed E-state index contributed by atoms with van der Waals surface area (Å²) in [4.78, 5) is 106. The molecule has 94 heavy (non-hydrogen) atoms. The summed E-state index contributed by atoms with van der Waals surface area (Å²) < 4.78 is 78.6. The summed E-state index contributed by atoms with van der Waals surface area (Å²) >= 11 is 18.2. The average Bonchev–Trinajstić information content (AvgIpc) is 1.45. The van der Waals surface area contributed by atoms with E-state index in [0.717, 1.165) is 31.0 Å². The van der Waals surface area contributed by atoms with Crippen LogP contribution in [0.3, 0.4) is 0 Å². The van der Waals surface area contributed by atoms with E-state index in [0.29, 0.717) is 40.5 Å². The first-order valence-electron chi connectivity index (χ1n) is 27.7. The van der Waals surface area contributed by atoms with E-state index < -0.39 is 64.0 Å². The van der Waals surface area contributed by atoms with Crippen molar-refractivity contribution in [3.05, 3.63) is 88.1 Å². The van der Waals surface area contributed by atoms with Gasteiger partial charge in [-0.2, -0.15) is 37.7 Å². The first-order valence-corrected chi connectivity index (χ1v) is 33.0. The molecule has 39 heteroatoms. The van der Waals surface area contributed by atoms with Crippen molar-refractivity contribution in [3.8, 4) is 35.6 Å². The smallest absolute Gasteiger partial charge is 0.339 e. The van der Waals surface area contributed by atoms with Crippen LogP contribution in [-0.4, -0.2) is 181 Å². The van der Waals surface area contributed by atoms with E-state index in [4.69, 9.17) is 75.1 Å². The fraction of sp³-hybridized carbons (Fsp3) is 0.400. The van der Waals surface area contributed by atoms with Gasteiger partial charge in [-0.15, -0.1) is 6.42 Å². The van der Waals surface area contributed by atoms with Gasteiger partial charge < -0.3 is 58.8 Å². The summed E-state index contributed by atoms with van der Waals surface area (Å²) in [5.74, 6) is 2.48. The van der Waals surface area contributed by atoms with Crippen LogP contribution in [0.1, 0.15) is 57.7 Å². The number of methoxy groups -OCH3 is 2. The lowest BCUT2D eigenvalue weighted by atomic mass is 9.92. The molecule has 7 heterocycles. The lowest BCUT2D eigenvalue weighted by molar-refractivity contribution is -0.136. The number of anilines is 5. The highest BCUT2D eigenvalue weighted by molar-refractivity contribution is 7.90. The molecule has 0 saturated heterocycles. The van der Waals surface area contributed by atoms with E-state index in [1.165, 1.54) is 86.2 Å². The van der Waals surface area contributed by atoms with Crippen LogP contribution >= 0.6 is 53.9 Å². The average molecular weight is 1430 g/mol. The molecular formula is C55H68Cl3FN17O15PS2. The van der Waals surface area contributed by atoms with Crippen LogP contribution in [-0.2, 0) is 41.9 Å². The number of amides is 5. The Bertz CT molecular complexity index is 3950. The number of nitrogens with zero attached hydrogens (tertiary/aromatic N) is 12. The number of aliphatic carboxylic acids is 1. The van der Waals surface area contributed by atoms with Crippen molar-refractivity contribution in [2.45, 2.75) is 76.5 Å². The number of alkyl halides is 2. The molecule has 0 spiro atoms. The second kappa shape index (κ2) is 34.5. The number of ether oxygens (including phenoxy) is 4. The highest BCUT2D eigenvalue weighted by Crippen LogP contribution is 2.38. The van der Waals surface area contributed by atoms with Crippen molar-refractivity contribution in [3.63, 3.8) is 0 Å². The molecule has 0 saturated carbocycles. The van der Waals surface area contributed by atoms with Gasteiger partial charge in [0.25, 0.3) is 27.7 Å². The fourth-order valence-electron chi connectivity index (χ4n) is 8.18. The van der Waals surface area contributed by atoms with E-state index in [1.54, 1.807) is 9.62 Å². The summed E-state index contributed by atoms with van der Waals surface area (Å²) in [7, 11) is -2.94. The van der Waals surface area contributed by atoms with Gasteiger partial charge in [0.15, 0.2) is 22.3 Å². The summed E-state index contributed by atoms with van der Waals surface area (Å²) in [5, 5.41) is 17.8. The van der Waals surface area contributed by atoms with Crippen LogP contribution < -0.4 is 59.5 Å². The maximum atomic E-state index is 14.5. The van der Waals surface area contributed by atoms with Gasteiger partial charge >= 0.3 is 19.6 Å². The third kappa shape index (κ3) is 22.6. The Labute approximate surface area is 558 Å². The molecule has 1 atom stereocenters. The number of hydrogen-bond donors (Lipinski definition) is 8. The minimum absolute atomic E-state index is 0.0672. The van der Waals surface area contributed by atoms with Crippen molar-refractivity contribution in [2.75, 3.05) is 93.2 Å². The zero-order valence-corrected chi connectivity index (χ0v) is 56.9. The predicted octanol–water partition coefficient (Wildman–Crippen LogP) is 5.54. The minimum Gasteiger partial charge on any atom is -0.489 e. The molecule has 5 amide bonds. The number of carbonyl (C=O) groups excluding carboxylic acids is 4. The van der Waals surface area contributed by atoms with Gasteiger partial charge in [-0.3, -0.25) is 39.3 Å². The number of aromatic nitrogens is 8. The zero-order valence-electron chi connectivity index (χ0n) is 52.1. The first kappa shape index (κ1) is 76.1. The molecule has 32 nitrogen and oxygen atoms in total. The number of pyridine rings is 1. The van der Waals surface area contributed by atoms with E-state index in [2.05, 4.69) is 80.3 Å². The number of carbonyl (C=O) groups is 5. The highest BCUT2D eigenvalue weighted by Gasteiger charge is 2.34. The number of halogens is 4. The second-order valence-electron chi connectivity index (χ2n) is 20.9. The number of nitrogens with one attached hydrogen (secondary N) is 5. The van der Waals surface area contributed by atoms with Crippen molar-refractivity contribution in [2.24, 2.45) is 10.4 Å². The molecule has 2 aromatic carbocycles. The van der Waals surface area contributed by atoms with Gasteiger partial charge in [0.1, 0.15) is 29.6 Å². The molecule has 1 unspecified atom stereocenters. The number of benzene rings is 2. The zero-order chi connectivity index (χ0) is 69.8. The van der Waals surface area contributed by atoms with E-state index in [1.807, 2.05) is 56.5 Å². The molecule has 6 aromatic rings. The topological polar surface area (TPSA) is 412 Å². The quantitative estimate of drug-likeness (QED) is 0.0316. The molecule has 0 aliphatic carbocycles. The lowest BCUT2D eigenvalue weighted by Crippen LogP contribution is -2.47. The number of fused-ring (bicyclic) bond motifs is 3. The number of terminal acetylenes is 1. The molecule has 3 aliphatic rings. The standard InChI is InChI=1S/C18H17FN4O2S.C15H18N6O6S.C11H11Cl2NO2.C8H14ClN5.C3H8NO5P/c1-4-5-22-13-7-12(11(19)6-14(13)25-9-16(22)24)20-17-23-10-18(2,3)8-15(23)21-26-17;1-21(2)13(22)9-6-5-7-16-12(9)28(24,25)20-15(23)19-14-17-10(26-3)8-11(18-14)27-4;1-7-6-16-9-5-3-2-4-8(9)14(7)11(15)10(12)13;1-4-10-7-12-6(9)13-8(14-7)11-5(2)3;5-3(6)1-4-2-10(7,8)9/h1,6-7H,5,8-10H2,2-3H3;5-8H,1-4H3,(H2,17,18,19,20,23);2-5,7,10H,6H2,1H3;5H,4H2,1-3H3,(H2,10,11,12,13,14);4H,1-2H2,(H,5,6)(H2,7,8,9)/b20-17-;;;;. The van der Waals surface area contributed by atoms with Crippen LogP contribution in [0.5, 0.6) is 23.3 Å². The molecule has 508 valence electrons. The second-order valence-corrected chi connectivity index (χ2v) is 26.3. The summed E-state index contributed by atoms with van der Waals surface area (Å²) in [6.45, 7) is 13.7. The van der Waals surface area contributed by atoms with Crippen LogP contribution in [0.15, 0.2) is 70.8 Å². The maximum absolute atomic E-state index is 14.5. The third-order valence-electron chi connectivity index (χ3n) is 12.1. The van der Waals surface area contributed by atoms with Gasteiger partial charge in [0.2, 0.25) is 39.7 Å². The summed E-state index contributed by atoms with van der Waals surface area (Å²) in [5.41, 5.74) is 1.21. The number of carboxylic acids is 1. The van der Waals surface area contributed by atoms with Gasteiger partial charge in [-0.05, 0) is 75.0 Å². The third-order valence-corrected chi connectivity index (χ3v) is 15.3. The fourth-order valence-corrected chi connectivity index (χ4v) is 10.7. The van der Waals surface area contributed by atoms with Gasteiger partial charge in [0, 0.05) is 63.4 Å². The molecule has 9 rings (SSSR count). The van der Waals surface area contributed by atoms with Crippen LogP contribution in [0.2, 0.25) is 5.28 Å². The summed E-state index contributed by atoms with van der Waals surface area (Å²) in [6.07, 6.45) is 6.81. The maximum Gasteiger partial charge on any atom is 0.339 e. The minimum atomic E-state index is -4.46. The number of rotatable bonds is 17. The number of hydrogen-bond acceptors (Lipinski definition) is 24. The number of carboxylic acid groups (broad SMARTS) is 1. The molecule has 0 fully saturated rings. The van der Waals surface area contributed by atoms with Gasteiger partial charge in [-0.25, -0.2) is 23.9 Å². The number of urea groups is 1. The monoisotopic (exact) mass is 1430 g/mol. The van der Waals surface area contributed by atoms with E-state index >= 15 is 0 Å². The molecule has 0 radical (unpaired) electrons. The molecule has 3 aliphatic heterocycles. The Morgan fingerprint density at radius 2 is 1.65 bits per heavy atom. The van der Waals surface area contributed by atoms with Crippen molar-refractivity contribution in [1.82, 2.24) is 53.8 Å². The Hall–Kier alpha value is -8.59. The molecule has 0 bridgehead atoms. The lowest BCUT2D eigenvalue weighted by Gasteiger charge is -2.35. The van der Waals surface area contributed by atoms with Crippen LogP contribution in [0, 0.1) is 23.6 Å². The Balaban J connectivity index is 0.000000223. The Morgan fingerprint density at radius 1 is 0.979 bits per heavy atom. The van der Waals surface area contributed by atoms with Gasteiger partial charge in [-0.1, -0.05) is 55.1 Å². The van der Waals surface area contributed by atoms with E-state index in [-0.39, 0.29) is 76.7 Å². The number of para-hydroxylation sites is 2. The molecule has 8 N–H and O–H groups in total. The molecule has 4 aromatic heterocycles. The van der Waals surface area contributed by atoms with Gasteiger partial charge in [0.05, 0.1) is 62.6 Å². The van der Waals surface area contributed by atoms with Crippen LogP contribution in [0.4, 0.5) is 44.1 Å². The first-order chi connectivity index (χ1) is 44.2. The Morgan fingerprint density at radius 3 is 2.26 bits per heavy atom.